The van der Waals surface area contributed by atoms with E-state index < -0.39 is 5.97 Å². The van der Waals surface area contributed by atoms with Gasteiger partial charge in [0.15, 0.2) is 0 Å². The standard InChI is InChI=1S/C12H18N2O2S/c1-9-11(17-8-13-9)4-7-14-5-2-10(3-6-14)12(15)16/h8,10H,2-7H2,1H3,(H,15,16). The molecule has 0 radical (unpaired) electrons. The number of aliphatic carboxylic acids is 1. The highest BCUT2D eigenvalue weighted by Crippen LogP contribution is 2.19. The highest BCUT2D eigenvalue weighted by atomic mass is 32.1. The Balaban J connectivity index is 1.75. The van der Waals surface area contributed by atoms with Crippen molar-refractivity contribution in [3.8, 4) is 0 Å². The smallest absolute Gasteiger partial charge is 0.306 e. The predicted octanol–water partition coefficient (Wildman–Crippen LogP) is 1.79. The van der Waals surface area contributed by atoms with Crippen molar-refractivity contribution in [2.24, 2.45) is 5.92 Å². The summed E-state index contributed by atoms with van der Waals surface area (Å²) in [4.78, 5) is 18.8. The Morgan fingerprint density at radius 1 is 1.59 bits per heavy atom. The number of hydrogen-bond donors (Lipinski definition) is 1. The number of nitrogens with zero attached hydrogens (tertiary/aromatic N) is 2. The number of aryl methyl sites for hydroxylation is 1. The first-order chi connectivity index (χ1) is 8.16. The Hall–Kier alpha value is -0.940. The van der Waals surface area contributed by atoms with Crippen LogP contribution < -0.4 is 0 Å². The Morgan fingerprint density at radius 3 is 2.82 bits per heavy atom. The summed E-state index contributed by atoms with van der Waals surface area (Å²) in [6, 6.07) is 0. The van der Waals surface area contributed by atoms with Crippen LogP contribution in [0.25, 0.3) is 0 Å². The molecule has 17 heavy (non-hydrogen) atoms. The second kappa shape index (κ2) is 5.60. The van der Waals surface area contributed by atoms with Crippen LogP contribution in [0.5, 0.6) is 0 Å². The van der Waals surface area contributed by atoms with Crippen LogP contribution in [0.4, 0.5) is 0 Å². The molecular weight excluding hydrogens is 236 g/mol. The summed E-state index contributed by atoms with van der Waals surface area (Å²) in [7, 11) is 0. The highest BCUT2D eigenvalue weighted by Gasteiger charge is 2.24. The first-order valence-electron chi connectivity index (χ1n) is 6.01. The van der Waals surface area contributed by atoms with Crippen molar-refractivity contribution < 1.29 is 9.90 Å². The van der Waals surface area contributed by atoms with Crippen LogP contribution in [0, 0.1) is 12.8 Å². The van der Waals surface area contributed by atoms with E-state index in [1.807, 2.05) is 12.4 Å². The first kappa shape index (κ1) is 12.5. The third-order valence-corrected chi connectivity index (χ3v) is 4.43. The van der Waals surface area contributed by atoms with E-state index in [1.165, 1.54) is 4.88 Å². The van der Waals surface area contributed by atoms with Gasteiger partial charge in [0.1, 0.15) is 0 Å². The van der Waals surface area contributed by atoms with Gasteiger partial charge in [-0.2, -0.15) is 0 Å². The average Bonchev–Trinajstić information content (AvgIpc) is 2.73. The fourth-order valence-corrected chi connectivity index (χ4v) is 3.00. The number of piperidine rings is 1. The number of likely N-dealkylation sites (tertiary alicyclic amines) is 1. The van der Waals surface area contributed by atoms with E-state index in [4.69, 9.17) is 5.11 Å². The zero-order chi connectivity index (χ0) is 12.3. The van der Waals surface area contributed by atoms with Crippen LogP contribution in [0.1, 0.15) is 23.4 Å². The fourth-order valence-electron chi connectivity index (χ4n) is 2.23. The van der Waals surface area contributed by atoms with Crippen molar-refractivity contribution in [3.05, 3.63) is 16.1 Å². The van der Waals surface area contributed by atoms with Crippen LogP contribution in [0.3, 0.4) is 0 Å². The molecule has 1 aliphatic heterocycles. The normalized spacial score (nSPS) is 18.4. The number of carboxylic acid groups (broad SMARTS) is 1. The quantitative estimate of drug-likeness (QED) is 0.890. The molecule has 0 unspecified atom stereocenters. The van der Waals surface area contributed by atoms with Gasteiger partial charge < -0.3 is 10.0 Å². The van der Waals surface area contributed by atoms with Crippen LogP contribution in [-0.2, 0) is 11.2 Å². The van der Waals surface area contributed by atoms with E-state index in [-0.39, 0.29) is 5.92 Å². The summed E-state index contributed by atoms with van der Waals surface area (Å²) in [5.41, 5.74) is 3.02. The molecule has 1 saturated heterocycles. The second-order valence-electron chi connectivity index (χ2n) is 4.57. The Kier molecular flexibility index (Phi) is 4.12. The molecule has 5 heteroatoms. The maximum Gasteiger partial charge on any atom is 0.306 e. The molecule has 1 N–H and O–H groups in total. The topological polar surface area (TPSA) is 53.4 Å². The summed E-state index contributed by atoms with van der Waals surface area (Å²) >= 11 is 1.71. The van der Waals surface area contributed by atoms with Crippen LogP contribution in [0.2, 0.25) is 0 Å². The van der Waals surface area contributed by atoms with Crippen molar-refractivity contribution >= 4 is 17.3 Å². The van der Waals surface area contributed by atoms with E-state index in [0.29, 0.717) is 0 Å². The van der Waals surface area contributed by atoms with E-state index in [2.05, 4.69) is 9.88 Å². The van der Waals surface area contributed by atoms with Gasteiger partial charge in [0, 0.05) is 11.4 Å². The SMILES string of the molecule is Cc1ncsc1CCN1CCC(C(=O)O)CC1. The molecule has 2 heterocycles. The molecule has 4 nitrogen and oxygen atoms in total. The second-order valence-corrected chi connectivity index (χ2v) is 5.50. The average molecular weight is 254 g/mol. The van der Waals surface area contributed by atoms with Crippen molar-refractivity contribution in [1.82, 2.24) is 9.88 Å². The summed E-state index contributed by atoms with van der Waals surface area (Å²) in [5.74, 6) is -0.764. The first-order valence-corrected chi connectivity index (χ1v) is 6.89. The summed E-state index contributed by atoms with van der Waals surface area (Å²) < 4.78 is 0. The van der Waals surface area contributed by atoms with Crippen molar-refractivity contribution in [3.63, 3.8) is 0 Å². The molecule has 0 aromatic carbocycles. The molecule has 1 aromatic heterocycles. The van der Waals surface area contributed by atoms with E-state index >= 15 is 0 Å². The van der Waals surface area contributed by atoms with Gasteiger partial charge >= 0.3 is 5.97 Å². The van der Waals surface area contributed by atoms with Crippen LogP contribution in [-0.4, -0.2) is 40.6 Å². The minimum atomic E-state index is -0.636. The lowest BCUT2D eigenvalue weighted by molar-refractivity contribution is -0.143. The fraction of sp³-hybridized carbons (Fsp3) is 0.667. The summed E-state index contributed by atoms with van der Waals surface area (Å²) in [5, 5.41) is 8.92. The highest BCUT2D eigenvalue weighted by molar-refractivity contribution is 7.09. The Morgan fingerprint density at radius 2 is 2.29 bits per heavy atom. The largest absolute Gasteiger partial charge is 0.481 e. The van der Waals surface area contributed by atoms with Gasteiger partial charge in [0.05, 0.1) is 17.1 Å². The monoisotopic (exact) mass is 254 g/mol. The third kappa shape index (κ3) is 3.26. The number of hydrogen-bond acceptors (Lipinski definition) is 4. The van der Waals surface area contributed by atoms with Crippen LogP contribution in [0.15, 0.2) is 5.51 Å². The Labute approximate surface area is 105 Å². The van der Waals surface area contributed by atoms with Crippen molar-refractivity contribution in [2.75, 3.05) is 19.6 Å². The molecule has 1 fully saturated rings. The predicted molar refractivity (Wildman–Crippen MR) is 67.4 cm³/mol. The molecule has 0 atom stereocenters. The zero-order valence-corrected chi connectivity index (χ0v) is 10.9. The minimum Gasteiger partial charge on any atom is -0.481 e. The number of carbonyl (C=O) groups is 1. The van der Waals surface area contributed by atoms with Gasteiger partial charge in [0.2, 0.25) is 0 Å². The van der Waals surface area contributed by atoms with Crippen molar-refractivity contribution in [1.29, 1.82) is 0 Å². The molecule has 1 aromatic rings. The lowest BCUT2D eigenvalue weighted by Crippen LogP contribution is -2.37. The van der Waals surface area contributed by atoms with Gasteiger partial charge in [0.25, 0.3) is 0 Å². The lowest BCUT2D eigenvalue weighted by atomic mass is 9.97. The maximum atomic E-state index is 10.8. The van der Waals surface area contributed by atoms with E-state index in [1.54, 1.807) is 11.3 Å². The molecular formula is C12H18N2O2S. The number of rotatable bonds is 4. The van der Waals surface area contributed by atoms with E-state index in [0.717, 1.165) is 44.6 Å². The summed E-state index contributed by atoms with van der Waals surface area (Å²) in [6.07, 6.45) is 2.61. The molecule has 2 rings (SSSR count). The molecule has 0 amide bonds. The molecule has 0 spiro atoms. The van der Waals surface area contributed by atoms with Gasteiger partial charge in [-0.25, -0.2) is 4.98 Å². The van der Waals surface area contributed by atoms with Crippen molar-refractivity contribution in [2.45, 2.75) is 26.2 Å². The van der Waals surface area contributed by atoms with Gasteiger partial charge in [-0.1, -0.05) is 0 Å². The molecule has 1 aliphatic rings. The lowest BCUT2D eigenvalue weighted by Gasteiger charge is -2.29. The number of carboxylic acids is 1. The number of thiazole rings is 1. The molecule has 94 valence electrons. The third-order valence-electron chi connectivity index (χ3n) is 3.44. The molecule has 0 aliphatic carbocycles. The maximum absolute atomic E-state index is 10.8. The summed E-state index contributed by atoms with van der Waals surface area (Å²) in [6.45, 7) is 4.89. The molecule has 0 bridgehead atoms. The molecule has 0 saturated carbocycles. The van der Waals surface area contributed by atoms with Gasteiger partial charge in [-0.05, 0) is 39.3 Å². The van der Waals surface area contributed by atoms with E-state index in [9.17, 15) is 4.79 Å². The zero-order valence-electron chi connectivity index (χ0n) is 10.1. The van der Waals surface area contributed by atoms with Crippen LogP contribution >= 0.6 is 11.3 Å². The van der Waals surface area contributed by atoms with Gasteiger partial charge in [-0.3, -0.25) is 4.79 Å². The minimum absolute atomic E-state index is 0.128. The number of aromatic nitrogens is 1. The van der Waals surface area contributed by atoms with Gasteiger partial charge in [-0.15, -0.1) is 11.3 Å². The Bertz CT molecular complexity index is 384.